The first kappa shape index (κ1) is 78.4. The summed E-state index contributed by atoms with van der Waals surface area (Å²) in [6.07, 6.45) is 2.97. The standard InChI is InChI=1S/C12H26O.C12H26.C11H24.C10H22O.2C10H22/c1-8-12(13,11(5,6)7)9-10(2,3)4;1-9(2)10(11(3,4)5)12(6,7)8;1-8-9(10(2,3)4)11(5,6)7;1-8(2,3)10(7,11)9(4,5)6;2*1-8(9(2,3)4)10(5,6)7/h13H,8-9H2,1-7H3;9-10H,1-8H3;9H,8H2,1-7H3;11H,1-7H3;2*8H,1-7H3/t12-;;;;;/m1...../s1. The summed E-state index contributed by atoms with van der Waals surface area (Å²) < 4.78 is 0. The first-order valence-electron chi connectivity index (χ1n) is 27.5. The molecule has 0 spiro atoms. The molecule has 0 aliphatic heterocycles. The average Bonchev–Trinajstić information content (AvgIpc) is 2.94. The van der Waals surface area contributed by atoms with Gasteiger partial charge in [-0.2, -0.15) is 0 Å². The van der Waals surface area contributed by atoms with Crippen molar-refractivity contribution in [3.8, 4) is 0 Å². The molecule has 0 fully saturated rings. The van der Waals surface area contributed by atoms with Crippen LogP contribution in [0.5, 0.6) is 0 Å². The summed E-state index contributed by atoms with van der Waals surface area (Å²) in [5.74, 6) is 3.89. The van der Waals surface area contributed by atoms with Crippen molar-refractivity contribution in [2.45, 2.75) is 328 Å². The molecule has 0 aliphatic rings. The van der Waals surface area contributed by atoms with Gasteiger partial charge in [-0.15, -0.1) is 0 Å². The Hall–Kier alpha value is -0.0800. The van der Waals surface area contributed by atoms with Gasteiger partial charge in [-0.3, -0.25) is 0 Å². The smallest absolute Gasteiger partial charge is 0.0715 e. The van der Waals surface area contributed by atoms with Gasteiger partial charge in [0.05, 0.1) is 11.2 Å². The van der Waals surface area contributed by atoms with E-state index in [0.717, 1.165) is 42.4 Å². The fraction of sp³-hybridized carbons (Fsp3) is 1.00. The summed E-state index contributed by atoms with van der Waals surface area (Å²) in [6.45, 7) is 96.7. The number of hydrogen-bond donors (Lipinski definition) is 2. The Morgan fingerprint density at radius 3 is 0.552 bits per heavy atom. The van der Waals surface area contributed by atoms with E-state index in [2.05, 4.69) is 291 Å². The predicted molar refractivity (Wildman–Crippen MR) is 314 cm³/mol. The molecule has 67 heavy (non-hydrogen) atoms. The summed E-state index contributed by atoms with van der Waals surface area (Å²) in [4.78, 5) is 0. The Morgan fingerprint density at radius 1 is 0.313 bits per heavy atom. The van der Waals surface area contributed by atoms with Crippen molar-refractivity contribution in [2.75, 3.05) is 0 Å². The van der Waals surface area contributed by atoms with E-state index in [4.69, 9.17) is 0 Å². The molecule has 0 aromatic carbocycles. The number of aliphatic hydroxyl groups is 2. The van der Waals surface area contributed by atoms with Crippen molar-refractivity contribution >= 4 is 0 Å². The first-order chi connectivity index (χ1) is 28.1. The zero-order valence-corrected chi connectivity index (χ0v) is 55.9. The second-order valence-corrected chi connectivity index (χ2v) is 35.0. The van der Waals surface area contributed by atoms with Gasteiger partial charge in [0.2, 0.25) is 0 Å². The number of hydrogen-bond acceptors (Lipinski definition) is 2. The maximum atomic E-state index is 10.5. The summed E-state index contributed by atoms with van der Waals surface area (Å²) in [5, 5.41) is 20.7. The zero-order valence-electron chi connectivity index (χ0n) is 55.9. The van der Waals surface area contributed by atoms with Crippen LogP contribution in [-0.4, -0.2) is 21.4 Å². The molecular weight excluding hydrogens is 813 g/mol. The number of rotatable bonds is 4. The van der Waals surface area contributed by atoms with E-state index in [1.807, 2.05) is 6.92 Å². The molecule has 0 heterocycles. The van der Waals surface area contributed by atoms with Crippen LogP contribution < -0.4 is 0 Å². The maximum Gasteiger partial charge on any atom is 0.0715 e. The lowest BCUT2D eigenvalue weighted by atomic mass is 9.62. The van der Waals surface area contributed by atoms with E-state index < -0.39 is 11.2 Å². The monoisotopic (exact) mass is 955 g/mol. The van der Waals surface area contributed by atoms with Gasteiger partial charge in [-0.1, -0.05) is 297 Å². The molecule has 0 radical (unpaired) electrons. The molecule has 0 unspecified atom stereocenters. The zero-order chi connectivity index (χ0) is 57.0. The Morgan fingerprint density at radius 2 is 0.537 bits per heavy atom. The Labute approximate surface area is 431 Å². The lowest BCUT2D eigenvalue weighted by molar-refractivity contribution is -0.121. The minimum Gasteiger partial charge on any atom is -0.389 e. The Kier molecular flexibility index (Phi) is 31.3. The summed E-state index contributed by atoms with van der Waals surface area (Å²) in [6, 6.07) is 0. The van der Waals surface area contributed by atoms with Crippen molar-refractivity contribution in [1.29, 1.82) is 0 Å². The van der Waals surface area contributed by atoms with E-state index in [0.29, 0.717) is 43.3 Å². The van der Waals surface area contributed by atoms with Gasteiger partial charge in [0.15, 0.2) is 0 Å². The maximum absolute atomic E-state index is 10.5. The van der Waals surface area contributed by atoms with Gasteiger partial charge in [-0.25, -0.2) is 0 Å². The van der Waals surface area contributed by atoms with Gasteiger partial charge in [0, 0.05) is 0 Å². The molecule has 0 bridgehead atoms. The predicted octanol–water partition coefficient (Wildman–Crippen LogP) is 22.3. The first-order valence-corrected chi connectivity index (χ1v) is 27.5. The second kappa shape index (κ2) is 26.7. The van der Waals surface area contributed by atoms with E-state index in [9.17, 15) is 10.2 Å². The lowest BCUT2D eigenvalue weighted by Crippen LogP contribution is -2.50. The normalized spacial score (nSPS) is 15.3. The summed E-state index contributed by atoms with van der Waals surface area (Å²) in [5.41, 5.74) is 2.39. The summed E-state index contributed by atoms with van der Waals surface area (Å²) in [7, 11) is 0. The SMILES string of the molecule is CC(C(C)(C)C)C(C)(C)C.CC(C(C)(C)C)C(C)(C)C.CC(C)(C)C(C)(O)C(C)(C)C.CC(C)C(C(C)(C)C)C(C)(C)C.CCC(C(C)(C)C)C(C)(C)C.CC[C@@](O)(CC(C)(C)C)C(C)(C)C. The highest BCUT2D eigenvalue weighted by molar-refractivity contribution is 4.96. The van der Waals surface area contributed by atoms with E-state index >= 15 is 0 Å². The molecule has 2 heteroatoms. The minimum absolute atomic E-state index is 0.0327. The van der Waals surface area contributed by atoms with E-state index in [1.165, 1.54) is 6.42 Å². The van der Waals surface area contributed by atoms with Crippen LogP contribution in [0.15, 0.2) is 0 Å². The topological polar surface area (TPSA) is 40.5 Å². The third-order valence-corrected chi connectivity index (χ3v) is 16.0. The lowest BCUT2D eigenvalue weighted by Gasteiger charge is -2.47. The van der Waals surface area contributed by atoms with Crippen LogP contribution in [0, 0.1) is 94.6 Å². The van der Waals surface area contributed by atoms with Gasteiger partial charge < -0.3 is 10.2 Å². The van der Waals surface area contributed by atoms with Gasteiger partial charge in [0.1, 0.15) is 0 Å². The van der Waals surface area contributed by atoms with Gasteiger partial charge in [-0.05, 0) is 114 Å². The molecule has 1 atom stereocenters. The van der Waals surface area contributed by atoms with Crippen LogP contribution in [-0.2, 0) is 0 Å². The van der Waals surface area contributed by atoms with Crippen LogP contribution in [0.2, 0.25) is 0 Å². The van der Waals surface area contributed by atoms with Crippen LogP contribution >= 0.6 is 0 Å². The quantitative estimate of drug-likeness (QED) is 0.295. The van der Waals surface area contributed by atoms with Crippen LogP contribution in [0.3, 0.4) is 0 Å². The molecule has 2 N–H and O–H groups in total. The Balaban J connectivity index is -0.000000167. The minimum atomic E-state index is -0.625. The molecule has 0 saturated carbocycles. The molecule has 0 rings (SSSR count). The highest BCUT2D eigenvalue weighted by Gasteiger charge is 2.45. The molecular formula is C65H142O2. The van der Waals surface area contributed by atoms with Crippen LogP contribution in [0.25, 0.3) is 0 Å². The average molecular weight is 956 g/mol. The summed E-state index contributed by atoms with van der Waals surface area (Å²) >= 11 is 0. The van der Waals surface area contributed by atoms with Crippen molar-refractivity contribution in [2.24, 2.45) is 94.6 Å². The molecule has 2 nitrogen and oxygen atoms in total. The molecule has 0 saturated heterocycles. The van der Waals surface area contributed by atoms with Gasteiger partial charge in [0.25, 0.3) is 0 Å². The molecule has 0 aromatic rings. The fourth-order valence-corrected chi connectivity index (χ4v) is 11.3. The molecule has 0 amide bonds. The van der Waals surface area contributed by atoms with Gasteiger partial charge >= 0.3 is 0 Å². The van der Waals surface area contributed by atoms with Crippen molar-refractivity contribution in [3.05, 3.63) is 0 Å². The molecule has 0 aliphatic carbocycles. The molecule has 414 valence electrons. The third-order valence-electron chi connectivity index (χ3n) is 16.0. The van der Waals surface area contributed by atoms with Crippen molar-refractivity contribution in [1.82, 2.24) is 0 Å². The van der Waals surface area contributed by atoms with E-state index in [1.54, 1.807) is 0 Å². The fourth-order valence-electron chi connectivity index (χ4n) is 11.3. The highest BCUT2D eigenvalue weighted by atomic mass is 16.3. The largest absolute Gasteiger partial charge is 0.389 e. The van der Waals surface area contributed by atoms with Crippen LogP contribution in [0.1, 0.15) is 317 Å². The highest BCUT2D eigenvalue weighted by Crippen LogP contribution is 2.46. The van der Waals surface area contributed by atoms with Crippen LogP contribution in [0.4, 0.5) is 0 Å². The Bertz CT molecular complexity index is 1150. The van der Waals surface area contributed by atoms with Crippen molar-refractivity contribution < 1.29 is 10.2 Å². The molecule has 0 aromatic heterocycles. The van der Waals surface area contributed by atoms with E-state index in [-0.39, 0.29) is 21.7 Å². The third kappa shape index (κ3) is 33.3. The van der Waals surface area contributed by atoms with Crippen molar-refractivity contribution in [3.63, 3.8) is 0 Å². The second-order valence-electron chi connectivity index (χ2n) is 35.0.